The van der Waals surface area contributed by atoms with Gasteiger partial charge in [0.15, 0.2) is 0 Å². The quantitative estimate of drug-likeness (QED) is 0.482. The maximum atomic E-state index is 7.00. The van der Waals surface area contributed by atoms with Crippen LogP contribution in [0.3, 0.4) is 0 Å². The second-order valence-electron chi connectivity index (χ2n) is 1.81. The molecule has 11 heavy (non-hydrogen) atoms. The molecule has 1 radical (unpaired) electrons. The fourth-order valence-corrected chi connectivity index (χ4v) is 0.614. The van der Waals surface area contributed by atoms with E-state index < -0.39 is 0 Å². The number of hydrogen-bond donors (Lipinski definition) is 3. The van der Waals surface area contributed by atoms with Crippen molar-refractivity contribution in [2.45, 2.75) is 6.54 Å². The zero-order valence-electron chi connectivity index (χ0n) is 6.14. The summed E-state index contributed by atoms with van der Waals surface area (Å²) < 4.78 is 0. The highest BCUT2D eigenvalue weighted by Gasteiger charge is 1.80. The SMILES string of the molecule is NCc1ccccc1.O[B]O. The van der Waals surface area contributed by atoms with Crippen molar-refractivity contribution in [2.24, 2.45) is 5.73 Å². The minimum atomic E-state index is 0. The fourth-order valence-electron chi connectivity index (χ4n) is 0.614. The summed E-state index contributed by atoms with van der Waals surface area (Å²) in [5.41, 5.74) is 6.54. The van der Waals surface area contributed by atoms with Crippen molar-refractivity contribution in [3.8, 4) is 0 Å². The summed E-state index contributed by atoms with van der Waals surface area (Å²) in [5, 5.41) is 14.0. The first-order valence-corrected chi connectivity index (χ1v) is 3.19. The van der Waals surface area contributed by atoms with E-state index >= 15 is 0 Å². The molecule has 0 aromatic heterocycles. The Morgan fingerprint density at radius 1 is 1.18 bits per heavy atom. The van der Waals surface area contributed by atoms with Crippen LogP contribution in [0.1, 0.15) is 5.56 Å². The Kier molecular flexibility index (Phi) is 6.72. The van der Waals surface area contributed by atoms with Crippen LogP contribution in [-0.4, -0.2) is 17.7 Å². The lowest BCUT2D eigenvalue weighted by atomic mass is 10.2. The van der Waals surface area contributed by atoms with E-state index in [0.29, 0.717) is 6.54 Å². The van der Waals surface area contributed by atoms with Gasteiger partial charge < -0.3 is 15.8 Å². The lowest BCUT2D eigenvalue weighted by molar-refractivity contribution is 0.448. The van der Waals surface area contributed by atoms with E-state index in [2.05, 4.69) is 0 Å². The molecule has 0 spiro atoms. The lowest BCUT2D eigenvalue weighted by Gasteiger charge is -1.90. The minimum absolute atomic E-state index is 0. The topological polar surface area (TPSA) is 66.5 Å². The van der Waals surface area contributed by atoms with E-state index in [1.807, 2.05) is 30.3 Å². The molecule has 3 nitrogen and oxygen atoms in total. The smallest absolute Gasteiger partial charge is 0.429 e. The highest BCUT2D eigenvalue weighted by molar-refractivity contribution is 6.13. The van der Waals surface area contributed by atoms with Gasteiger partial charge in [0, 0.05) is 6.54 Å². The molecule has 4 heteroatoms. The Labute approximate surface area is 66.8 Å². The average molecular weight is 152 g/mol. The van der Waals surface area contributed by atoms with E-state index in [4.69, 9.17) is 15.8 Å². The Morgan fingerprint density at radius 2 is 1.64 bits per heavy atom. The highest BCUT2D eigenvalue weighted by atomic mass is 16.4. The predicted molar refractivity (Wildman–Crippen MR) is 44.5 cm³/mol. The molecule has 0 aliphatic heterocycles. The van der Waals surface area contributed by atoms with Gasteiger partial charge in [-0.25, -0.2) is 0 Å². The van der Waals surface area contributed by atoms with Crippen molar-refractivity contribution in [3.63, 3.8) is 0 Å². The van der Waals surface area contributed by atoms with Crippen molar-refractivity contribution in [1.29, 1.82) is 0 Å². The van der Waals surface area contributed by atoms with E-state index in [1.54, 1.807) is 0 Å². The van der Waals surface area contributed by atoms with Crippen LogP contribution in [0, 0.1) is 0 Å². The molecule has 0 fully saturated rings. The molecule has 0 heterocycles. The fraction of sp³-hybridized carbons (Fsp3) is 0.143. The summed E-state index contributed by atoms with van der Waals surface area (Å²) in [6.45, 7) is 0.640. The van der Waals surface area contributed by atoms with Crippen LogP contribution in [0.4, 0.5) is 0 Å². The Hall–Kier alpha value is -0.835. The summed E-state index contributed by atoms with van der Waals surface area (Å²) in [6, 6.07) is 9.99. The monoisotopic (exact) mass is 152 g/mol. The van der Waals surface area contributed by atoms with Crippen LogP contribution < -0.4 is 5.73 Å². The van der Waals surface area contributed by atoms with Gasteiger partial charge in [-0.2, -0.15) is 0 Å². The Morgan fingerprint density at radius 3 is 1.91 bits per heavy atom. The number of hydrogen-bond acceptors (Lipinski definition) is 3. The molecule has 0 aliphatic rings. The molecule has 0 bridgehead atoms. The van der Waals surface area contributed by atoms with Crippen LogP contribution >= 0.6 is 0 Å². The van der Waals surface area contributed by atoms with E-state index in [9.17, 15) is 0 Å². The summed E-state index contributed by atoms with van der Waals surface area (Å²) >= 11 is 0. The van der Waals surface area contributed by atoms with Gasteiger partial charge in [0.25, 0.3) is 0 Å². The third-order valence-corrected chi connectivity index (χ3v) is 1.08. The summed E-state index contributed by atoms with van der Waals surface area (Å²) in [6.07, 6.45) is 0. The molecule has 1 aromatic carbocycles. The third-order valence-electron chi connectivity index (χ3n) is 1.08. The van der Waals surface area contributed by atoms with Crippen molar-refractivity contribution >= 4 is 7.69 Å². The Bertz CT molecular complexity index is 169. The Balaban J connectivity index is 0.000000292. The maximum Gasteiger partial charge on any atom is 0.482 e. The van der Waals surface area contributed by atoms with Crippen LogP contribution in [0.5, 0.6) is 0 Å². The molecule has 0 atom stereocenters. The second-order valence-corrected chi connectivity index (χ2v) is 1.81. The predicted octanol–water partition coefficient (Wildman–Crippen LogP) is -0.350. The molecule has 0 amide bonds. The zero-order chi connectivity index (χ0) is 8.53. The molecule has 0 saturated carbocycles. The van der Waals surface area contributed by atoms with Gasteiger partial charge in [0.05, 0.1) is 0 Å². The molecule has 0 saturated heterocycles. The molecular weight excluding hydrogens is 141 g/mol. The molecule has 0 unspecified atom stereocenters. The minimum Gasteiger partial charge on any atom is -0.429 e. The number of rotatable bonds is 1. The van der Waals surface area contributed by atoms with Crippen LogP contribution in [0.25, 0.3) is 0 Å². The van der Waals surface area contributed by atoms with Gasteiger partial charge in [-0.05, 0) is 5.56 Å². The first-order valence-electron chi connectivity index (χ1n) is 3.19. The van der Waals surface area contributed by atoms with E-state index in [-0.39, 0.29) is 7.69 Å². The maximum absolute atomic E-state index is 7.00. The number of benzene rings is 1. The molecule has 59 valence electrons. The van der Waals surface area contributed by atoms with Crippen molar-refractivity contribution in [3.05, 3.63) is 35.9 Å². The molecule has 1 rings (SSSR count). The van der Waals surface area contributed by atoms with Gasteiger partial charge >= 0.3 is 7.69 Å². The van der Waals surface area contributed by atoms with Gasteiger partial charge in [-0.15, -0.1) is 0 Å². The molecule has 0 aliphatic carbocycles. The molecular formula is C7H11BNO2. The van der Waals surface area contributed by atoms with Gasteiger partial charge in [0.2, 0.25) is 0 Å². The largest absolute Gasteiger partial charge is 0.482 e. The van der Waals surface area contributed by atoms with Crippen molar-refractivity contribution in [1.82, 2.24) is 0 Å². The van der Waals surface area contributed by atoms with Gasteiger partial charge in [0.1, 0.15) is 0 Å². The molecule has 4 N–H and O–H groups in total. The summed E-state index contributed by atoms with van der Waals surface area (Å²) in [7, 11) is 0. The van der Waals surface area contributed by atoms with Gasteiger partial charge in [-0.1, -0.05) is 30.3 Å². The second kappa shape index (κ2) is 7.27. The average Bonchev–Trinajstić information content (AvgIpc) is 2.08. The lowest BCUT2D eigenvalue weighted by Crippen LogP contribution is -1.94. The number of nitrogens with two attached hydrogens (primary N) is 1. The highest BCUT2D eigenvalue weighted by Crippen LogP contribution is 1.94. The first kappa shape index (κ1) is 10.2. The third kappa shape index (κ3) is 5.60. The van der Waals surface area contributed by atoms with Crippen LogP contribution in [-0.2, 0) is 6.54 Å². The zero-order valence-corrected chi connectivity index (χ0v) is 6.14. The van der Waals surface area contributed by atoms with Crippen molar-refractivity contribution in [2.75, 3.05) is 0 Å². The summed E-state index contributed by atoms with van der Waals surface area (Å²) in [4.78, 5) is 0. The standard InChI is InChI=1S/C7H9N.BH2O2/c8-6-7-4-2-1-3-5-7;2-1-3/h1-5H,6,8H2;2-3H. The van der Waals surface area contributed by atoms with Crippen LogP contribution in [0.15, 0.2) is 30.3 Å². The van der Waals surface area contributed by atoms with E-state index in [0.717, 1.165) is 0 Å². The normalized spacial score (nSPS) is 7.91. The van der Waals surface area contributed by atoms with Gasteiger partial charge in [-0.3, -0.25) is 0 Å². The molecule has 1 aromatic rings. The van der Waals surface area contributed by atoms with Crippen LogP contribution in [0.2, 0.25) is 0 Å². The summed E-state index contributed by atoms with van der Waals surface area (Å²) in [5.74, 6) is 0. The van der Waals surface area contributed by atoms with Crippen molar-refractivity contribution < 1.29 is 10.0 Å². The first-order chi connectivity index (χ1) is 5.35. The van der Waals surface area contributed by atoms with E-state index in [1.165, 1.54) is 5.56 Å².